The average molecular weight is 656 g/mol. The van der Waals surface area contributed by atoms with Gasteiger partial charge in [-0.25, -0.2) is 0 Å². The van der Waals surface area contributed by atoms with Crippen LogP contribution < -0.4 is 19.1 Å². The van der Waals surface area contributed by atoms with Crippen molar-refractivity contribution in [2.24, 2.45) is 0 Å². The highest BCUT2D eigenvalue weighted by molar-refractivity contribution is 5.80. The van der Waals surface area contributed by atoms with Gasteiger partial charge in [0, 0.05) is 18.2 Å². The molecule has 1 unspecified atom stereocenters. The van der Waals surface area contributed by atoms with E-state index >= 15 is 0 Å². The third-order valence-electron chi connectivity index (χ3n) is 8.40. The van der Waals surface area contributed by atoms with E-state index in [4.69, 9.17) is 14.2 Å². The Bertz CT molecular complexity index is 1080. The third-order valence-corrected chi connectivity index (χ3v) is 8.40. The molecule has 8 heteroatoms. The number of unbranched alkanes of at least 4 members (excludes halogenated alkanes) is 15. The van der Waals surface area contributed by atoms with E-state index in [-0.39, 0.29) is 6.10 Å². The van der Waals surface area contributed by atoms with Crippen molar-refractivity contribution in [3.8, 4) is 17.2 Å². The molecule has 264 valence electrons. The fraction of sp³-hybridized carbons (Fsp3) is 0.641. The smallest absolute Gasteiger partial charge is 0.323 e. The molecule has 2 N–H and O–H groups in total. The van der Waals surface area contributed by atoms with Gasteiger partial charge in [-0.05, 0) is 37.1 Å². The molecule has 0 radical (unpaired) electrons. The van der Waals surface area contributed by atoms with E-state index in [1.165, 1.54) is 94.8 Å². The highest BCUT2D eigenvalue weighted by Crippen LogP contribution is 2.33. The lowest BCUT2D eigenvalue weighted by Crippen LogP contribution is -2.34. The van der Waals surface area contributed by atoms with E-state index in [0.717, 1.165) is 25.0 Å². The van der Waals surface area contributed by atoms with E-state index in [1.807, 2.05) is 30.3 Å². The predicted molar refractivity (Wildman–Crippen MR) is 190 cm³/mol. The molecule has 0 saturated heterocycles. The fourth-order valence-electron chi connectivity index (χ4n) is 5.66. The number of para-hydroxylation sites is 1. The minimum absolute atomic E-state index is 0.00669. The van der Waals surface area contributed by atoms with Gasteiger partial charge in [0.15, 0.2) is 11.5 Å². The van der Waals surface area contributed by atoms with Crippen LogP contribution in [-0.2, 0) is 9.59 Å². The maximum Gasteiger partial charge on any atom is 0.323 e. The molecular formula is C39H61NO7. The average Bonchev–Trinajstić information content (AvgIpc) is 3.06. The molecule has 8 nitrogen and oxygen atoms in total. The maximum atomic E-state index is 11.4. The molecule has 0 aliphatic rings. The molecule has 0 fully saturated rings. The van der Waals surface area contributed by atoms with Gasteiger partial charge < -0.3 is 29.3 Å². The standard InChI is InChI=1S/C39H61NO7/c1-3-5-6-7-8-9-10-11-12-13-14-15-16-17-18-22-28-45-37-30-33(40(31-38(41)42)32-39(43)44)25-26-36(37)46-29-27-34(4-2)47-35-23-20-19-21-24-35/h19-21,23-26,30,34H,3-18,22,27-29,31-32H2,1-2H3,(H,41,42)(H,43,44). The SMILES string of the molecule is CCCCCCCCCCCCCCCCCCOc1cc(N(CC(=O)O)CC(=O)O)ccc1OCCC(CC)Oc1ccccc1. The van der Waals surface area contributed by atoms with Crippen molar-refractivity contribution in [1.82, 2.24) is 0 Å². The van der Waals surface area contributed by atoms with Crippen LogP contribution in [-0.4, -0.2) is 54.6 Å². The summed E-state index contributed by atoms with van der Waals surface area (Å²) in [5, 5.41) is 18.7. The lowest BCUT2D eigenvalue weighted by Gasteiger charge is -2.23. The molecule has 0 saturated carbocycles. The van der Waals surface area contributed by atoms with Crippen LogP contribution in [0.25, 0.3) is 0 Å². The predicted octanol–water partition coefficient (Wildman–Crippen LogP) is 9.93. The Balaban J connectivity index is 1.78. The zero-order chi connectivity index (χ0) is 34.0. The van der Waals surface area contributed by atoms with E-state index in [2.05, 4.69) is 13.8 Å². The van der Waals surface area contributed by atoms with E-state index in [9.17, 15) is 19.8 Å². The fourth-order valence-corrected chi connectivity index (χ4v) is 5.66. The number of hydrogen-bond acceptors (Lipinski definition) is 6. The van der Waals surface area contributed by atoms with E-state index in [1.54, 1.807) is 18.2 Å². The summed E-state index contributed by atoms with van der Waals surface area (Å²) in [6.07, 6.45) is 22.3. The number of anilines is 1. The Hall–Kier alpha value is -3.42. The van der Waals surface area contributed by atoms with Crippen molar-refractivity contribution < 1.29 is 34.0 Å². The Labute approximate surface area is 283 Å². The largest absolute Gasteiger partial charge is 0.490 e. The first-order valence-electron chi connectivity index (χ1n) is 18.2. The molecule has 0 spiro atoms. The molecule has 0 aliphatic heterocycles. The Kier molecular flexibility index (Phi) is 21.7. The quantitative estimate of drug-likeness (QED) is 0.0801. The number of carboxylic acids is 2. The van der Waals surface area contributed by atoms with Crippen LogP contribution in [0.1, 0.15) is 129 Å². The van der Waals surface area contributed by atoms with Crippen molar-refractivity contribution in [2.75, 3.05) is 31.2 Å². The van der Waals surface area contributed by atoms with Gasteiger partial charge in [0.2, 0.25) is 0 Å². The third kappa shape index (κ3) is 19.1. The lowest BCUT2D eigenvalue weighted by molar-refractivity contribution is -0.136. The van der Waals surface area contributed by atoms with E-state index in [0.29, 0.717) is 36.8 Å². The van der Waals surface area contributed by atoms with Crippen LogP contribution in [0.4, 0.5) is 5.69 Å². The van der Waals surface area contributed by atoms with Gasteiger partial charge in [-0.15, -0.1) is 0 Å². The number of rotatable bonds is 30. The van der Waals surface area contributed by atoms with Crippen LogP contribution >= 0.6 is 0 Å². The van der Waals surface area contributed by atoms with Gasteiger partial charge in [0.1, 0.15) is 24.9 Å². The molecule has 0 aliphatic carbocycles. The van der Waals surface area contributed by atoms with Gasteiger partial charge in [-0.2, -0.15) is 0 Å². The minimum atomic E-state index is -1.11. The monoisotopic (exact) mass is 655 g/mol. The van der Waals surface area contributed by atoms with Crippen LogP contribution in [0.3, 0.4) is 0 Å². The van der Waals surface area contributed by atoms with Gasteiger partial charge in [-0.3, -0.25) is 9.59 Å². The molecule has 47 heavy (non-hydrogen) atoms. The van der Waals surface area contributed by atoms with Gasteiger partial charge in [0.05, 0.1) is 13.2 Å². The lowest BCUT2D eigenvalue weighted by atomic mass is 10.0. The molecule has 0 bridgehead atoms. The molecule has 2 aromatic rings. The Morgan fingerprint density at radius 3 is 1.66 bits per heavy atom. The second kappa shape index (κ2) is 25.6. The van der Waals surface area contributed by atoms with Crippen molar-refractivity contribution in [1.29, 1.82) is 0 Å². The summed E-state index contributed by atoms with van der Waals surface area (Å²) in [6, 6.07) is 14.8. The number of benzene rings is 2. The summed E-state index contributed by atoms with van der Waals surface area (Å²) in [4.78, 5) is 24.2. The van der Waals surface area contributed by atoms with Crippen LogP contribution in [0, 0.1) is 0 Å². The summed E-state index contributed by atoms with van der Waals surface area (Å²) in [5.41, 5.74) is 0.461. The zero-order valence-corrected chi connectivity index (χ0v) is 29.1. The van der Waals surface area contributed by atoms with E-state index < -0.39 is 25.0 Å². The first-order chi connectivity index (χ1) is 22.9. The zero-order valence-electron chi connectivity index (χ0n) is 29.1. The van der Waals surface area contributed by atoms with Crippen LogP contribution in [0.5, 0.6) is 17.2 Å². The highest BCUT2D eigenvalue weighted by atomic mass is 16.5. The van der Waals surface area contributed by atoms with Crippen LogP contribution in [0.2, 0.25) is 0 Å². The summed E-state index contributed by atoms with van der Waals surface area (Å²) in [5.74, 6) is -0.354. The Morgan fingerprint density at radius 2 is 1.15 bits per heavy atom. The number of hydrogen-bond donors (Lipinski definition) is 2. The second-order valence-corrected chi connectivity index (χ2v) is 12.5. The summed E-state index contributed by atoms with van der Waals surface area (Å²) >= 11 is 0. The number of ether oxygens (including phenoxy) is 3. The first-order valence-corrected chi connectivity index (χ1v) is 18.2. The summed E-state index contributed by atoms with van der Waals surface area (Å²) < 4.78 is 18.4. The number of aliphatic carboxylic acids is 2. The molecule has 0 aromatic heterocycles. The molecule has 0 heterocycles. The summed E-state index contributed by atoms with van der Waals surface area (Å²) in [7, 11) is 0. The van der Waals surface area contributed by atoms with Gasteiger partial charge in [0.25, 0.3) is 0 Å². The molecular weight excluding hydrogens is 594 g/mol. The van der Waals surface area contributed by atoms with Crippen LogP contribution in [0.15, 0.2) is 48.5 Å². The highest BCUT2D eigenvalue weighted by Gasteiger charge is 2.18. The topological polar surface area (TPSA) is 106 Å². The van der Waals surface area contributed by atoms with Crippen molar-refractivity contribution >= 4 is 17.6 Å². The number of carbonyl (C=O) groups is 2. The first kappa shape index (κ1) is 39.8. The molecule has 0 amide bonds. The minimum Gasteiger partial charge on any atom is -0.490 e. The second-order valence-electron chi connectivity index (χ2n) is 12.5. The van der Waals surface area contributed by atoms with Gasteiger partial charge >= 0.3 is 11.9 Å². The van der Waals surface area contributed by atoms with Crippen molar-refractivity contribution in [2.45, 2.75) is 136 Å². The molecule has 2 aromatic carbocycles. The van der Waals surface area contributed by atoms with Crippen molar-refractivity contribution in [3.63, 3.8) is 0 Å². The van der Waals surface area contributed by atoms with Gasteiger partial charge in [-0.1, -0.05) is 128 Å². The Morgan fingerprint density at radius 1 is 0.638 bits per heavy atom. The number of carboxylic acid groups (broad SMARTS) is 2. The molecule has 1 atom stereocenters. The molecule has 2 rings (SSSR count). The van der Waals surface area contributed by atoms with Crippen molar-refractivity contribution in [3.05, 3.63) is 48.5 Å². The normalized spacial score (nSPS) is 11.6. The number of nitrogens with zero attached hydrogens (tertiary/aromatic N) is 1. The maximum absolute atomic E-state index is 11.4. The summed E-state index contributed by atoms with van der Waals surface area (Å²) in [6.45, 7) is 4.40.